The lowest BCUT2D eigenvalue weighted by Crippen LogP contribution is -2.38. The van der Waals surface area contributed by atoms with E-state index in [1.165, 1.54) is 11.1 Å². The standard InChI is InChI=1S/C28H31N5O4/c1-17(2)36-25-9-7-18(12-20(25)13-29)28-31-27(32-37-28)24-5-3-4-22-19(6-8-23(22)24)14-30-15-26(35)33-11-10-21(34)16-33/h3-5,7,9,12,17,19,21,30,34H,6,8,10-11,14-16H2,1-2H3. The molecule has 5 rings (SSSR count). The Morgan fingerprint density at radius 3 is 2.95 bits per heavy atom. The number of aromatic nitrogens is 2. The Morgan fingerprint density at radius 1 is 1.32 bits per heavy atom. The van der Waals surface area contributed by atoms with Crippen LogP contribution in [0.3, 0.4) is 0 Å². The summed E-state index contributed by atoms with van der Waals surface area (Å²) < 4.78 is 11.3. The molecule has 2 aromatic carbocycles. The predicted octanol–water partition coefficient (Wildman–Crippen LogP) is 3.28. The maximum absolute atomic E-state index is 12.4. The SMILES string of the molecule is CC(C)Oc1ccc(-c2nc(-c3cccc4c3CCC4CNCC(=O)N3CCC(O)C3)no2)cc1C#N. The molecule has 1 amide bonds. The minimum absolute atomic E-state index is 0.0335. The number of nitrogens with zero attached hydrogens (tertiary/aromatic N) is 4. The topological polar surface area (TPSA) is 125 Å². The van der Waals surface area contributed by atoms with Crippen LogP contribution in [-0.2, 0) is 11.2 Å². The molecular formula is C28H31N5O4. The van der Waals surface area contributed by atoms with Gasteiger partial charge < -0.3 is 24.6 Å². The molecule has 2 aliphatic rings. The van der Waals surface area contributed by atoms with Gasteiger partial charge in [0.2, 0.25) is 11.7 Å². The van der Waals surface area contributed by atoms with E-state index in [1.807, 2.05) is 32.0 Å². The molecule has 0 bridgehead atoms. The predicted molar refractivity (Wildman–Crippen MR) is 137 cm³/mol. The molecular weight excluding hydrogens is 470 g/mol. The molecule has 0 saturated carbocycles. The minimum atomic E-state index is -0.401. The molecule has 37 heavy (non-hydrogen) atoms. The Hall–Kier alpha value is -3.74. The van der Waals surface area contributed by atoms with E-state index in [4.69, 9.17) is 9.26 Å². The summed E-state index contributed by atoms with van der Waals surface area (Å²) in [6.07, 6.45) is 2.09. The van der Waals surface area contributed by atoms with Crippen LogP contribution in [0, 0.1) is 11.3 Å². The van der Waals surface area contributed by atoms with Gasteiger partial charge in [0.15, 0.2) is 0 Å². The molecule has 0 radical (unpaired) electrons. The summed E-state index contributed by atoms with van der Waals surface area (Å²) in [5.41, 5.74) is 4.46. The number of amides is 1. The van der Waals surface area contributed by atoms with E-state index in [1.54, 1.807) is 17.0 Å². The Morgan fingerprint density at radius 2 is 2.19 bits per heavy atom. The number of nitrogens with one attached hydrogen (secondary N) is 1. The van der Waals surface area contributed by atoms with E-state index in [2.05, 4.69) is 27.6 Å². The molecule has 2 unspecified atom stereocenters. The first-order valence-electron chi connectivity index (χ1n) is 12.8. The van der Waals surface area contributed by atoms with E-state index >= 15 is 0 Å². The maximum Gasteiger partial charge on any atom is 0.258 e. The van der Waals surface area contributed by atoms with Gasteiger partial charge in [0.25, 0.3) is 5.89 Å². The molecule has 1 aliphatic carbocycles. The first-order chi connectivity index (χ1) is 17.9. The fourth-order valence-electron chi connectivity index (χ4n) is 5.15. The number of carbonyl (C=O) groups is 1. The summed E-state index contributed by atoms with van der Waals surface area (Å²) in [4.78, 5) is 18.7. The molecule has 192 valence electrons. The molecule has 9 heteroatoms. The van der Waals surface area contributed by atoms with E-state index in [-0.39, 0.29) is 18.6 Å². The van der Waals surface area contributed by atoms with Crippen LogP contribution < -0.4 is 10.1 Å². The van der Waals surface area contributed by atoms with Gasteiger partial charge in [-0.05, 0) is 68.4 Å². The van der Waals surface area contributed by atoms with Crippen LogP contribution in [0.2, 0.25) is 0 Å². The molecule has 9 nitrogen and oxygen atoms in total. The third kappa shape index (κ3) is 5.36. The number of ether oxygens (including phenoxy) is 1. The largest absolute Gasteiger partial charge is 0.490 e. The number of rotatable bonds is 8. The van der Waals surface area contributed by atoms with Crippen LogP contribution >= 0.6 is 0 Å². The summed E-state index contributed by atoms with van der Waals surface area (Å²) in [5.74, 6) is 1.73. The minimum Gasteiger partial charge on any atom is -0.490 e. The second-order valence-corrected chi connectivity index (χ2v) is 9.93. The lowest BCUT2D eigenvalue weighted by atomic mass is 9.98. The van der Waals surface area contributed by atoms with Crippen molar-refractivity contribution in [3.63, 3.8) is 0 Å². The fourth-order valence-corrected chi connectivity index (χ4v) is 5.15. The molecule has 1 fully saturated rings. The normalized spacial score (nSPS) is 18.7. The molecule has 2 N–H and O–H groups in total. The number of likely N-dealkylation sites (tertiary alicyclic amines) is 1. The first kappa shape index (κ1) is 24.9. The number of nitriles is 1. The van der Waals surface area contributed by atoms with Crippen molar-refractivity contribution in [1.82, 2.24) is 20.4 Å². The zero-order valence-corrected chi connectivity index (χ0v) is 21.1. The number of benzene rings is 2. The highest BCUT2D eigenvalue weighted by Crippen LogP contribution is 2.38. The Kier molecular flexibility index (Phi) is 7.22. The van der Waals surface area contributed by atoms with Crippen molar-refractivity contribution in [3.05, 3.63) is 53.1 Å². The van der Waals surface area contributed by atoms with Crippen LogP contribution in [0.15, 0.2) is 40.9 Å². The van der Waals surface area contributed by atoms with Gasteiger partial charge >= 0.3 is 0 Å². The van der Waals surface area contributed by atoms with Crippen molar-refractivity contribution in [2.45, 2.75) is 51.2 Å². The van der Waals surface area contributed by atoms with Crippen LogP contribution in [0.4, 0.5) is 0 Å². The van der Waals surface area contributed by atoms with Crippen molar-refractivity contribution >= 4 is 5.91 Å². The zero-order valence-electron chi connectivity index (χ0n) is 21.1. The lowest BCUT2D eigenvalue weighted by Gasteiger charge is -2.17. The second-order valence-electron chi connectivity index (χ2n) is 9.93. The summed E-state index contributed by atoms with van der Waals surface area (Å²) in [6, 6.07) is 13.6. The average Bonchev–Trinajstić information content (AvgIpc) is 3.64. The van der Waals surface area contributed by atoms with E-state index < -0.39 is 6.10 Å². The molecule has 3 aromatic rings. The maximum atomic E-state index is 12.4. The Labute approximate surface area is 216 Å². The van der Waals surface area contributed by atoms with Crippen LogP contribution in [0.5, 0.6) is 5.75 Å². The smallest absolute Gasteiger partial charge is 0.258 e. The van der Waals surface area contributed by atoms with Gasteiger partial charge in [0.05, 0.1) is 24.3 Å². The number of β-amino-alcohol motifs (C(OH)–C–C–N with tert-alkyl or cyclic N) is 1. The first-order valence-corrected chi connectivity index (χ1v) is 12.8. The fraction of sp³-hybridized carbons (Fsp3) is 0.429. The zero-order chi connectivity index (χ0) is 25.9. The van der Waals surface area contributed by atoms with Crippen molar-refractivity contribution in [1.29, 1.82) is 5.26 Å². The summed E-state index contributed by atoms with van der Waals surface area (Å²) >= 11 is 0. The molecule has 2 atom stereocenters. The molecule has 1 aromatic heterocycles. The van der Waals surface area contributed by atoms with E-state index in [0.29, 0.717) is 60.6 Å². The van der Waals surface area contributed by atoms with Gasteiger partial charge in [-0.2, -0.15) is 10.2 Å². The number of aliphatic hydroxyl groups excluding tert-OH is 1. The van der Waals surface area contributed by atoms with Crippen LogP contribution in [0.25, 0.3) is 22.8 Å². The number of fused-ring (bicyclic) bond motifs is 1. The van der Waals surface area contributed by atoms with Crippen LogP contribution in [0.1, 0.15) is 49.3 Å². The van der Waals surface area contributed by atoms with Gasteiger partial charge in [-0.25, -0.2) is 0 Å². The van der Waals surface area contributed by atoms with Gasteiger partial charge in [0, 0.05) is 30.8 Å². The van der Waals surface area contributed by atoms with Crippen molar-refractivity contribution < 1.29 is 19.2 Å². The second kappa shape index (κ2) is 10.7. The summed E-state index contributed by atoms with van der Waals surface area (Å²) in [5, 5.41) is 26.8. The highest BCUT2D eigenvalue weighted by Gasteiger charge is 2.28. The average molecular weight is 502 g/mol. The monoisotopic (exact) mass is 501 g/mol. The molecule has 0 spiro atoms. The van der Waals surface area contributed by atoms with Gasteiger partial charge in [0.1, 0.15) is 11.8 Å². The molecule has 2 heterocycles. The summed E-state index contributed by atoms with van der Waals surface area (Å²) in [6.45, 7) is 5.86. The molecule has 1 saturated heterocycles. The quantitative estimate of drug-likeness (QED) is 0.482. The molecule has 1 aliphatic heterocycles. The van der Waals surface area contributed by atoms with Gasteiger partial charge in [-0.15, -0.1) is 0 Å². The van der Waals surface area contributed by atoms with Crippen molar-refractivity contribution in [2.24, 2.45) is 0 Å². The number of hydrogen-bond donors (Lipinski definition) is 2. The van der Waals surface area contributed by atoms with Gasteiger partial charge in [-0.1, -0.05) is 23.4 Å². The highest BCUT2D eigenvalue weighted by atomic mass is 16.5. The number of hydrogen-bond acceptors (Lipinski definition) is 8. The summed E-state index contributed by atoms with van der Waals surface area (Å²) in [7, 11) is 0. The number of aliphatic hydroxyl groups is 1. The third-order valence-electron chi connectivity index (χ3n) is 6.95. The van der Waals surface area contributed by atoms with E-state index in [9.17, 15) is 15.2 Å². The Bertz CT molecular complexity index is 1330. The van der Waals surface area contributed by atoms with Crippen molar-refractivity contribution in [2.75, 3.05) is 26.2 Å². The van der Waals surface area contributed by atoms with Crippen LogP contribution in [-0.4, -0.2) is 64.4 Å². The highest BCUT2D eigenvalue weighted by molar-refractivity contribution is 5.78. The van der Waals surface area contributed by atoms with Gasteiger partial charge in [-0.3, -0.25) is 4.79 Å². The third-order valence-corrected chi connectivity index (χ3v) is 6.95. The van der Waals surface area contributed by atoms with E-state index in [0.717, 1.165) is 18.4 Å². The number of carbonyl (C=O) groups excluding carboxylic acids is 1. The lowest BCUT2D eigenvalue weighted by molar-refractivity contribution is -0.129. The Balaban J connectivity index is 1.28. The van der Waals surface area contributed by atoms with Crippen molar-refractivity contribution in [3.8, 4) is 34.7 Å².